The number of carboxylic acid groups (broad SMARTS) is 1. The van der Waals surface area contributed by atoms with Crippen molar-refractivity contribution in [1.29, 1.82) is 0 Å². The van der Waals surface area contributed by atoms with Gasteiger partial charge in [-0.15, -0.1) is 0 Å². The van der Waals surface area contributed by atoms with Gasteiger partial charge in [-0.05, 0) is 41.5 Å². The maximum atomic E-state index is 11.5. The highest BCUT2D eigenvalue weighted by Crippen LogP contribution is 2.29. The molecule has 3 aromatic carbocycles. The number of pyridine rings is 1. The first kappa shape index (κ1) is 20.2. The third-order valence-corrected chi connectivity index (χ3v) is 4.83. The van der Waals surface area contributed by atoms with Crippen LogP contribution in [-0.2, 0) is 6.61 Å². The van der Waals surface area contributed by atoms with Crippen LogP contribution in [0.3, 0.4) is 0 Å². The summed E-state index contributed by atoms with van der Waals surface area (Å²) in [7, 11) is 1.59. The van der Waals surface area contributed by atoms with Gasteiger partial charge in [-0.1, -0.05) is 60.7 Å². The molecule has 0 amide bonds. The Kier molecular flexibility index (Phi) is 5.94. The molecule has 0 radical (unpaired) electrons. The number of rotatable bonds is 7. The minimum Gasteiger partial charge on any atom is -0.545 e. The van der Waals surface area contributed by atoms with E-state index in [0.29, 0.717) is 34.7 Å². The first-order valence-electron chi connectivity index (χ1n) is 9.78. The van der Waals surface area contributed by atoms with Gasteiger partial charge in [0.15, 0.2) is 11.5 Å². The Bertz CT molecular complexity index is 1250. The van der Waals surface area contributed by atoms with Crippen molar-refractivity contribution in [1.82, 2.24) is 4.98 Å². The third-order valence-electron chi connectivity index (χ3n) is 4.83. The van der Waals surface area contributed by atoms with Crippen molar-refractivity contribution in [3.63, 3.8) is 0 Å². The highest BCUT2D eigenvalue weighted by Gasteiger charge is 2.07. The van der Waals surface area contributed by atoms with E-state index in [1.807, 2.05) is 60.7 Å². The average molecular weight is 410 g/mol. The van der Waals surface area contributed by atoms with Crippen molar-refractivity contribution in [2.45, 2.75) is 6.61 Å². The highest BCUT2D eigenvalue weighted by molar-refractivity contribution is 6.02. The second-order valence-electron chi connectivity index (χ2n) is 6.92. The summed E-state index contributed by atoms with van der Waals surface area (Å²) in [6, 6.07) is 24.1. The number of fused-ring (bicyclic) bond motifs is 1. The van der Waals surface area contributed by atoms with Crippen LogP contribution in [0.4, 0.5) is 0 Å². The van der Waals surface area contributed by atoms with Crippen molar-refractivity contribution in [3.05, 3.63) is 101 Å². The van der Waals surface area contributed by atoms with E-state index < -0.39 is 5.97 Å². The molecule has 0 saturated carbocycles. The number of carbonyl (C=O) groups excluding carboxylic acids is 1. The lowest BCUT2D eigenvalue weighted by atomic mass is 10.1. The molecule has 0 aliphatic carbocycles. The SMILES string of the molecule is COc1cc(/C=C/c2cc(C(=O)[O-])c3ccccc3n2)ccc1OCc1ccccc1. The number of hydrogen-bond donors (Lipinski definition) is 0. The third kappa shape index (κ3) is 4.73. The number of carbonyl (C=O) groups is 1. The second kappa shape index (κ2) is 9.13. The normalized spacial score (nSPS) is 11.0. The zero-order valence-corrected chi connectivity index (χ0v) is 16.9. The predicted molar refractivity (Wildman–Crippen MR) is 119 cm³/mol. The van der Waals surface area contributed by atoms with Gasteiger partial charge in [0.2, 0.25) is 0 Å². The Morgan fingerprint density at radius 2 is 1.71 bits per heavy atom. The number of aromatic nitrogens is 1. The van der Waals surface area contributed by atoms with Crippen LogP contribution in [0, 0.1) is 0 Å². The first-order valence-corrected chi connectivity index (χ1v) is 9.78. The minimum absolute atomic E-state index is 0.118. The van der Waals surface area contributed by atoms with Gasteiger partial charge in [-0.25, -0.2) is 4.98 Å². The Balaban J connectivity index is 1.57. The smallest absolute Gasteiger partial charge is 0.161 e. The molecule has 0 saturated heterocycles. The highest BCUT2D eigenvalue weighted by atomic mass is 16.5. The molecule has 154 valence electrons. The number of hydrogen-bond acceptors (Lipinski definition) is 5. The van der Waals surface area contributed by atoms with Crippen LogP contribution in [0.5, 0.6) is 11.5 Å². The van der Waals surface area contributed by atoms with Gasteiger partial charge in [-0.2, -0.15) is 0 Å². The molecule has 4 aromatic rings. The second-order valence-corrected chi connectivity index (χ2v) is 6.92. The first-order chi connectivity index (χ1) is 15.1. The number of para-hydroxylation sites is 1. The van der Waals surface area contributed by atoms with Crippen LogP contribution >= 0.6 is 0 Å². The Morgan fingerprint density at radius 1 is 0.935 bits per heavy atom. The predicted octanol–water partition coefficient (Wildman–Crippen LogP) is 4.36. The minimum atomic E-state index is -1.23. The van der Waals surface area contributed by atoms with Crippen LogP contribution in [0.2, 0.25) is 0 Å². The number of benzene rings is 3. The Hall–Kier alpha value is -4.12. The monoisotopic (exact) mass is 410 g/mol. The van der Waals surface area contributed by atoms with E-state index >= 15 is 0 Å². The lowest BCUT2D eigenvalue weighted by Gasteiger charge is -2.11. The fraction of sp³-hybridized carbons (Fsp3) is 0.0769. The van der Waals surface area contributed by atoms with Gasteiger partial charge < -0.3 is 19.4 Å². The van der Waals surface area contributed by atoms with Gasteiger partial charge in [-0.3, -0.25) is 0 Å². The van der Waals surface area contributed by atoms with Crippen molar-refractivity contribution in [2.75, 3.05) is 7.11 Å². The molecule has 1 aromatic heterocycles. The summed E-state index contributed by atoms with van der Waals surface area (Å²) in [4.78, 5) is 16.1. The molecule has 31 heavy (non-hydrogen) atoms. The van der Waals surface area contributed by atoms with Crippen LogP contribution in [0.25, 0.3) is 23.1 Å². The van der Waals surface area contributed by atoms with E-state index in [1.165, 1.54) is 6.07 Å². The summed E-state index contributed by atoms with van der Waals surface area (Å²) >= 11 is 0. The fourth-order valence-corrected chi connectivity index (χ4v) is 3.27. The van der Waals surface area contributed by atoms with Gasteiger partial charge in [0.05, 0.1) is 24.3 Å². The number of aromatic carboxylic acids is 1. The molecule has 0 aliphatic rings. The van der Waals surface area contributed by atoms with Gasteiger partial charge in [0.25, 0.3) is 0 Å². The van der Waals surface area contributed by atoms with E-state index in [2.05, 4.69) is 4.98 Å². The van der Waals surface area contributed by atoms with Crippen molar-refractivity contribution in [2.24, 2.45) is 0 Å². The van der Waals surface area contributed by atoms with Gasteiger partial charge in [0.1, 0.15) is 6.61 Å². The van der Waals surface area contributed by atoms with Crippen molar-refractivity contribution >= 4 is 29.0 Å². The molecule has 0 fully saturated rings. The quantitative estimate of drug-likeness (QED) is 0.453. The molecule has 1 heterocycles. The number of ether oxygens (including phenoxy) is 2. The lowest BCUT2D eigenvalue weighted by Crippen LogP contribution is -2.22. The summed E-state index contributed by atoms with van der Waals surface area (Å²) in [5.41, 5.74) is 3.19. The zero-order valence-electron chi connectivity index (χ0n) is 16.9. The Morgan fingerprint density at radius 3 is 2.48 bits per heavy atom. The number of nitrogens with zero attached hydrogens (tertiary/aromatic N) is 1. The Labute approximate surface area is 180 Å². The molecule has 0 bridgehead atoms. The number of carboxylic acids is 1. The van der Waals surface area contributed by atoms with Crippen molar-refractivity contribution < 1.29 is 19.4 Å². The zero-order chi connectivity index (χ0) is 21.6. The van der Waals surface area contributed by atoms with Crippen molar-refractivity contribution in [3.8, 4) is 11.5 Å². The topological polar surface area (TPSA) is 71.5 Å². The van der Waals surface area contributed by atoms with Gasteiger partial charge >= 0.3 is 0 Å². The average Bonchev–Trinajstić information content (AvgIpc) is 2.81. The summed E-state index contributed by atoms with van der Waals surface area (Å²) in [6.45, 7) is 0.444. The van der Waals surface area contributed by atoms with E-state index in [1.54, 1.807) is 31.4 Å². The molecule has 5 nitrogen and oxygen atoms in total. The molecular weight excluding hydrogens is 390 g/mol. The largest absolute Gasteiger partial charge is 0.545 e. The maximum absolute atomic E-state index is 11.5. The molecule has 0 spiro atoms. The molecule has 5 heteroatoms. The summed E-state index contributed by atoms with van der Waals surface area (Å²) in [5.74, 6) is 0.0291. The van der Waals surface area contributed by atoms with Crippen LogP contribution in [0.1, 0.15) is 27.2 Å². The summed E-state index contributed by atoms with van der Waals surface area (Å²) in [6.07, 6.45) is 3.61. The van der Waals surface area contributed by atoms with Crippen LogP contribution in [-0.4, -0.2) is 18.1 Å². The molecule has 0 N–H and O–H groups in total. The lowest BCUT2D eigenvalue weighted by molar-refractivity contribution is -0.254. The van der Waals surface area contributed by atoms with E-state index in [0.717, 1.165) is 11.1 Å². The fourth-order valence-electron chi connectivity index (χ4n) is 3.27. The van der Waals surface area contributed by atoms with E-state index in [9.17, 15) is 9.90 Å². The van der Waals surface area contributed by atoms with Crippen LogP contribution < -0.4 is 14.6 Å². The summed E-state index contributed by atoms with van der Waals surface area (Å²) < 4.78 is 11.4. The van der Waals surface area contributed by atoms with Gasteiger partial charge in [0, 0.05) is 10.9 Å². The molecule has 4 rings (SSSR count). The van der Waals surface area contributed by atoms with E-state index in [-0.39, 0.29) is 5.56 Å². The maximum Gasteiger partial charge on any atom is 0.161 e. The summed E-state index contributed by atoms with van der Waals surface area (Å²) in [5, 5.41) is 12.1. The molecular formula is C26H20NO4-. The molecule has 0 aliphatic heterocycles. The molecule has 0 atom stereocenters. The van der Waals surface area contributed by atoms with E-state index in [4.69, 9.17) is 9.47 Å². The number of methoxy groups -OCH3 is 1. The standard InChI is InChI=1S/C26H21NO4/c1-30-25-15-18(12-14-24(25)31-17-19-7-3-2-4-8-19)11-13-20-16-22(26(28)29)21-9-5-6-10-23(21)27-20/h2-16H,17H2,1H3,(H,28,29)/p-1/b13-11+. The van der Waals surface area contributed by atoms with Crippen LogP contribution in [0.15, 0.2) is 78.9 Å². The molecule has 0 unspecified atom stereocenters.